The summed E-state index contributed by atoms with van der Waals surface area (Å²) in [7, 11) is -2.98. The maximum absolute atomic E-state index is 11.1. The zero-order valence-electron chi connectivity index (χ0n) is 6.45. The highest BCUT2D eigenvalue weighted by Crippen LogP contribution is 2.17. The maximum atomic E-state index is 11.1. The third-order valence-electron chi connectivity index (χ3n) is 1.87. The van der Waals surface area contributed by atoms with E-state index in [0.29, 0.717) is 0 Å². The molecule has 0 aliphatic carbocycles. The molecule has 0 amide bonds. The van der Waals surface area contributed by atoms with E-state index in [9.17, 15) is 8.42 Å². The number of nitrogens with one attached hydrogen (secondary N) is 1. The molecule has 0 atom stereocenters. The smallest absolute Gasteiger partial charge is 0.175 e. The van der Waals surface area contributed by atoms with Crippen molar-refractivity contribution >= 4 is 9.84 Å². The summed E-state index contributed by atoms with van der Waals surface area (Å²) in [5, 5.41) is 4.36. The van der Waals surface area contributed by atoms with Crippen LogP contribution in [0.1, 0.15) is 0 Å². The minimum atomic E-state index is -2.98. The van der Waals surface area contributed by atoms with Crippen LogP contribution in [-0.4, -0.2) is 20.7 Å². The van der Waals surface area contributed by atoms with E-state index in [1.54, 1.807) is 6.08 Å². The SMILES string of the molecule is O=S1(=O)C=CC2=C(C=CCN2)C1. The Kier molecular flexibility index (Phi) is 1.58. The Morgan fingerprint density at radius 1 is 1.33 bits per heavy atom. The molecule has 12 heavy (non-hydrogen) atoms. The molecule has 2 aliphatic heterocycles. The Hall–Kier alpha value is -1.03. The van der Waals surface area contributed by atoms with Crippen molar-refractivity contribution in [2.45, 2.75) is 0 Å². The molecule has 0 saturated carbocycles. The van der Waals surface area contributed by atoms with Crippen LogP contribution in [0.25, 0.3) is 0 Å². The molecule has 0 unspecified atom stereocenters. The minimum Gasteiger partial charge on any atom is -0.381 e. The summed E-state index contributed by atoms with van der Waals surface area (Å²) in [6, 6.07) is 0. The Bertz CT molecular complexity index is 387. The second-order valence-electron chi connectivity index (χ2n) is 2.83. The third-order valence-corrected chi connectivity index (χ3v) is 3.14. The Morgan fingerprint density at radius 3 is 3.00 bits per heavy atom. The van der Waals surface area contributed by atoms with Crippen molar-refractivity contribution in [1.82, 2.24) is 5.32 Å². The number of dihydropyridines is 1. The highest BCUT2D eigenvalue weighted by atomic mass is 32.2. The molecule has 64 valence electrons. The molecule has 4 heteroatoms. The first kappa shape index (κ1) is 7.61. The molecule has 0 aromatic heterocycles. The van der Waals surface area contributed by atoms with Crippen LogP contribution in [0.3, 0.4) is 0 Å². The lowest BCUT2D eigenvalue weighted by Gasteiger charge is -2.17. The van der Waals surface area contributed by atoms with Gasteiger partial charge in [-0.2, -0.15) is 0 Å². The minimum absolute atomic E-state index is 0.127. The molecule has 0 saturated heterocycles. The van der Waals surface area contributed by atoms with E-state index in [1.165, 1.54) is 5.41 Å². The highest BCUT2D eigenvalue weighted by Gasteiger charge is 2.17. The van der Waals surface area contributed by atoms with E-state index in [0.717, 1.165) is 17.8 Å². The van der Waals surface area contributed by atoms with E-state index in [4.69, 9.17) is 0 Å². The van der Waals surface area contributed by atoms with Crippen molar-refractivity contribution in [2.24, 2.45) is 0 Å². The molecular weight excluding hydrogens is 174 g/mol. The summed E-state index contributed by atoms with van der Waals surface area (Å²) in [5.74, 6) is 0.127. The van der Waals surface area contributed by atoms with Crippen LogP contribution >= 0.6 is 0 Å². The molecule has 2 aliphatic rings. The Balaban J connectivity index is 2.42. The van der Waals surface area contributed by atoms with Gasteiger partial charge in [-0.25, -0.2) is 8.42 Å². The van der Waals surface area contributed by atoms with Gasteiger partial charge in [0.2, 0.25) is 0 Å². The van der Waals surface area contributed by atoms with Gasteiger partial charge in [0, 0.05) is 17.6 Å². The zero-order valence-corrected chi connectivity index (χ0v) is 7.26. The number of hydrogen-bond donors (Lipinski definition) is 1. The molecular formula is C8H9NO2S. The monoisotopic (exact) mass is 183 g/mol. The normalized spacial score (nSPS) is 25.0. The predicted octanol–water partition coefficient (Wildman–Crippen LogP) is 0.342. The standard InChI is InChI=1S/C8H9NO2S/c10-12(11)5-3-8-7(6-12)2-1-4-9-8/h1-3,5,9H,4,6H2. The van der Waals surface area contributed by atoms with Gasteiger partial charge < -0.3 is 5.32 Å². The van der Waals surface area contributed by atoms with Crippen LogP contribution in [0.15, 0.2) is 34.9 Å². The molecule has 3 nitrogen and oxygen atoms in total. The van der Waals surface area contributed by atoms with Gasteiger partial charge in [-0.3, -0.25) is 0 Å². The summed E-state index contributed by atoms with van der Waals surface area (Å²) in [6.45, 7) is 0.781. The van der Waals surface area contributed by atoms with Crippen molar-refractivity contribution in [1.29, 1.82) is 0 Å². The van der Waals surface area contributed by atoms with Crippen LogP contribution in [0.5, 0.6) is 0 Å². The molecule has 0 spiro atoms. The van der Waals surface area contributed by atoms with Gasteiger partial charge in [-0.05, 0) is 11.6 Å². The molecule has 0 radical (unpaired) electrons. The topological polar surface area (TPSA) is 46.2 Å². The van der Waals surface area contributed by atoms with Gasteiger partial charge in [0.25, 0.3) is 0 Å². The van der Waals surface area contributed by atoms with Gasteiger partial charge in [0.1, 0.15) is 0 Å². The maximum Gasteiger partial charge on any atom is 0.175 e. The van der Waals surface area contributed by atoms with Crippen LogP contribution in [0.2, 0.25) is 0 Å². The average molecular weight is 183 g/mol. The fourth-order valence-electron chi connectivity index (χ4n) is 1.30. The second kappa shape index (κ2) is 2.48. The van der Waals surface area contributed by atoms with E-state index < -0.39 is 9.84 Å². The molecule has 0 fully saturated rings. The largest absolute Gasteiger partial charge is 0.381 e. The lowest BCUT2D eigenvalue weighted by molar-refractivity contribution is 0.605. The first-order valence-electron chi connectivity index (χ1n) is 3.72. The first-order chi connectivity index (χ1) is 5.67. The van der Waals surface area contributed by atoms with E-state index in [2.05, 4.69) is 5.32 Å². The average Bonchev–Trinajstić information content (AvgIpc) is 2.02. The predicted molar refractivity (Wildman–Crippen MR) is 47.1 cm³/mol. The Morgan fingerprint density at radius 2 is 2.17 bits per heavy atom. The van der Waals surface area contributed by atoms with Gasteiger partial charge in [0.05, 0.1) is 5.75 Å². The van der Waals surface area contributed by atoms with Gasteiger partial charge >= 0.3 is 0 Å². The summed E-state index contributed by atoms with van der Waals surface area (Å²) >= 11 is 0. The van der Waals surface area contributed by atoms with Crippen molar-refractivity contribution in [3.8, 4) is 0 Å². The number of allylic oxidation sites excluding steroid dienone is 2. The van der Waals surface area contributed by atoms with Crippen LogP contribution in [-0.2, 0) is 9.84 Å². The first-order valence-corrected chi connectivity index (χ1v) is 5.43. The lowest BCUT2D eigenvalue weighted by atomic mass is 10.1. The number of rotatable bonds is 0. The highest BCUT2D eigenvalue weighted by molar-refractivity contribution is 7.94. The molecule has 1 N–H and O–H groups in total. The second-order valence-corrected chi connectivity index (χ2v) is 4.72. The molecule has 0 aromatic rings. The third kappa shape index (κ3) is 1.30. The number of sulfone groups is 1. The molecule has 0 aromatic carbocycles. The Labute approximate surface area is 71.4 Å². The lowest BCUT2D eigenvalue weighted by Crippen LogP contribution is -2.22. The molecule has 2 heterocycles. The summed E-state index contributed by atoms with van der Waals surface area (Å²) in [6.07, 6.45) is 5.41. The van der Waals surface area contributed by atoms with E-state index in [1.807, 2.05) is 12.2 Å². The van der Waals surface area contributed by atoms with E-state index >= 15 is 0 Å². The van der Waals surface area contributed by atoms with Gasteiger partial charge in [-0.1, -0.05) is 12.2 Å². The van der Waals surface area contributed by atoms with Crippen LogP contribution in [0.4, 0.5) is 0 Å². The molecule has 0 bridgehead atoms. The van der Waals surface area contributed by atoms with Crippen LogP contribution < -0.4 is 5.32 Å². The summed E-state index contributed by atoms with van der Waals surface area (Å²) < 4.78 is 22.2. The number of hydrogen-bond acceptors (Lipinski definition) is 3. The summed E-state index contributed by atoms with van der Waals surface area (Å²) in [5.41, 5.74) is 1.80. The van der Waals surface area contributed by atoms with Crippen molar-refractivity contribution in [2.75, 3.05) is 12.3 Å². The van der Waals surface area contributed by atoms with Gasteiger partial charge in [0.15, 0.2) is 9.84 Å². The zero-order chi connectivity index (χ0) is 8.60. The fraction of sp³-hybridized carbons (Fsp3) is 0.250. The van der Waals surface area contributed by atoms with Crippen molar-refractivity contribution in [3.63, 3.8) is 0 Å². The molecule has 2 rings (SSSR count). The fourth-order valence-corrected chi connectivity index (χ4v) is 2.43. The summed E-state index contributed by atoms with van der Waals surface area (Å²) in [4.78, 5) is 0. The quantitative estimate of drug-likeness (QED) is 0.589. The van der Waals surface area contributed by atoms with Crippen molar-refractivity contribution < 1.29 is 8.42 Å². The van der Waals surface area contributed by atoms with E-state index in [-0.39, 0.29) is 5.75 Å². The van der Waals surface area contributed by atoms with Gasteiger partial charge in [-0.15, -0.1) is 0 Å². The van der Waals surface area contributed by atoms with Crippen LogP contribution in [0, 0.1) is 0 Å². The van der Waals surface area contributed by atoms with Crippen molar-refractivity contribution in [3.05, 3.63) is 34.9 Å².